The predicted molar refractivity (Wildman–Crippen MR) is 102 cm³/mol. The van der Waals surface area contributed by atoms with E-state index in [1.807, 2.05) is 0 Å². The summed E-state index contributed by atoms with van der Waals surface area (Å²) in [6.45, 7) is 2.17. The Bertz CT molecular complexity index is 996. The Morgan fingerprint density at radius 3 is 2.37 bits per heavy atom. The fourth-order valence-electron chi connectivity index (χ4n) is 2.58. The molecule has 2 heterocycles. The molecule has 0 aliphatic rings. The minimum Gasteiger partial charge on any atom is -0.349 e. The summed E-state index contributed by atoms with van der Waals surface area (Å²) in [6, 6.07) is 6.05. The van der Waals surface area contributed by atoms with Crippen LogP contribution in [0.5, 0.6) is 0 Å². The highest BCUT2D eigenvalue weighted by atomic mass is 35.5. The first kappa shape index (κ1) is 19.1. The molecule has 0 atom stereocenters. The normalized spacial score (nSPS) is 10.7. The van der Waals surface area contributed by atoms with Crippen molar-refractivity contribution in [2.24, 2.45) is 0 Å². The third-order valence-electron chi connectivity index (χ3n) is 3.90. The molecule has 138 valence electrons. The van der Waals surface area contributed by atoms with Gasteiger partial charge in [-0.3, -0.25) is 14.6 Å². The van der Waals surface area contributed by atoms with E-state index in [9.17, 15) is 14.0 Å². The highest BCUT2D eigenvalue weighted by molar-refractivity contribution is 6.48. The number of hydrogen-bond acceptors (Lipinski definition) is 3. The summed E-state index contributed by atoms with van der Waals surface area (Å²) in [7, 11) is 0. The van der Waals surface area contributed by atoms with Crippen LogP contribution in [-0.4, -0.2) is 21.2 Å². The van der Waals surface area contributed by atoms with E-state index < -0.39 is 11.7 Å². The molecule has 0 saturated heterocycles. The Balaban J connectivity index is 1.77. The zero-order valence-electron chi connectivity index (χ0n) is 14.2. The Hall–Kier alpha value is -2.70. The lowest BCUT2D eigenvalue weighted by Gasteiger charge is -2.07. The molecule has 0 aliphatic heterocycles. The van der Waals surface area contributed by atoms with Crippen LogP contribution in [0.25, 0.3) is 0 Å². The van der Waals surface area contributed by atoms with Crippen molar-refractivity contribution >= 4 is 40.6 Å². The molecule has 27 heavy (non-hydrogen) atoms. The SMILES string of the molecule is Cc1cn(Cc2ccc(F)cc2)cc1C(=O)C(=O)Nc1c(Cl)cncc1Cl. The van der Waals surface area contributed by atoms with Gasteiger partial charge in [0.05, 0.1) is 15.7 Å². The summed E-state index contributed by atoms with van der Waals surface area (Å²) in [6.07, 6.45) is 5.96. The summed E-state index contributed by atoms with van der Waals surface area (Å²) < 4.78 is 14.8. The van der Waals surface area contributed by atoms with Crippen molar-refractivity contribution in [2.45, 2.75) is 13.5 Å². The first-order valence-corrected chi connectivity index (χ1v) is 8.66. The van der Waals surface area contributed by atoms with Crippen LogP contribution in [0.3, 0.4) is 0 Å². The molecule has 3 rings (SSSR count). The standard InChI is InChI=1S/C19H14Cl2FN3O2/c1-11-8-25(9-12-2-4-13(22)5-3-12)10-14(11)18(26)19(27)24-17-15(20)6-23-7-16(17)21/h2-8,10H,9H2,1H3,(H,23,24,27). The Morgan fingerprint density at radius 1 is 1.11 bits per heavy atom. The van der Waals surface area contributed by atoms with Gasteiger partial charge < -0.3 is 9.88 Å². The van der Waals surface area contributed by atoms with Gasteiger partial charge in [0, 0.05) is 36.9 Å². The van der Waals surface area contributed by atoms with Crippen molar-refractivity contribution in [3.8, 4) is 0 Å². The quantitative estimate of drug-likeness (QED) is 0.501. The van der Waals surface area contributed by atoms with E-state index in [1.54, 1.807) is 36.0 Å². The predicted octanol–water partition coefficient (Wildman–Crippen LogP) is 4.51. The van der Waals surface area contributed by atoms with Crippen LogP contribution in [0.4, 0.5) is 10.1 Å². The largest absolute Gasteiger partial charge is 0.349 e. The molecule has 1 N–H and O–H groups in total. The number of amides is 1. The number of carbonyl (C=O) groups is 2. The van der Waals surface area contributed by atoms with Gasteiger partial charge in [-0.25, -0.2) is 4.39 Å². The van der Waals surface area contributed by atoms with Gasteiger partial charge >= 0.3 is 0 Å². The summed E-state index contributed by atoms with van der Waals surface area (Å²) in [5.41, 5.74) is 1.90. The van der Waals surface area contributed by atoms with Gasteiger partial charge in [0.15, 0.2) is 0 Å². The highest BCUT2D eigenvalue weighted by Gasteiger charge is 2.22. The maximum atomic E-state index is 13.0. The Labute approximate surface area is 164 Å². The van der Waals surface area contributed by atoms with Crippen LogP contribution in [-0.2, 0) is 11.3 Å². The summed E-state index contributed by atoms with van der Waals surface area (Å²) in [5, 5.41) is 2.69. The van der Waals surface area contributed by atoms with Gasteiger partial charge in [-0.2, -0.15) is 0 Å². The third kappa shape index (κ3) is 4.35. The van der Waals surface area contributed by atoms with Crippen LogP contribution in [0, 0.1) is 12.7 Å². The van der Waals surface area contributed by atoms with Gasteiger partial charge in [0.25, 0.3) is 11.7 Å². The van der Waals surface area contributed by atoms with Crippen molar-refractivity contribution in [2.75, 3.05) is 5.32 Å². The van der Waals surface area contributed by atoms with E-state index in [-0.39, 0.29) is 27.1 Å². The van der Waals surface area contributed by atoms with Crippen molar-refractivity contribution < 1.29 is 14.0 Å². The molecule has 5 nitrogen and oxygen atoms in total. The van der Waals surface area contributed by atoms with Crippen molar-refractivity contribution in [1.29, 1.82) is 0 Å². The third-order valence-corrected chi connectivity index (χ3v) is 4.47. The number of carbonyl (C=O) groups excluding carboxylic acids is 2. The number of nitrogens with one attached hydrogen (secondary N) is 1. The van der Waals surface area contributed by atoms with Crippen LogP contribution < -0.4 is 5.32 Å². The molecule has 0 spiro atoms. The second kappa shape index (κ2) is 7.90. The maximum absolute atomic E-state index is 13.0. The van der Waals surface area contributed by atoms with Gasteiger partial charge in [-0.15, -0.1) is 0 Å². The number of halogens is 3. The lowest BCUT2D eigenvalue weighted by Crippen LogP contribution is -2.23. The van der Waals surface area contributed by atoms with Gasteiger partial charge in [0.2, 0.25) is 0 Å². The molecule has 1 aromatic carbocycles. The number of aryl methyl sites for hydroxylation is 1. The van der Waals surface area contributed by atoms with E-state index in [0.717, 1.165) is 5.56 Å². The van der Waals surface area contributed by atoms with Gasteiger partial charge in [0.1, 0.15) is 5.82 Å². The zero-order valence-corrected chi connectivity index (χ0v) is 15.7. The number of pyridine rings is 1. The van der Waals surface area contributed by atoms with E-state index in [0.29, 0.717) is 12.1 Å². The summed E-state index contributed by atoms with van der Waals surface area (Å²) in [5.74, 6) is -1.88. The average Bonchev–Trinajstić information content (AvgIpc) is 2.99. The number of ketones is 1. The molecule has 1 amide bonds. The number of anilines is 1. The molecule has 0 bridgehead atoms. The van der Waals surface area contributed by atoms with Gasteiger partial charge in [-0.1, -0.05) is 35.3 Å². The van der Waals surface area contributed by atoms with E-state index in [1.165, 1.54) is 24.5 Å². The minimum absolute atomic E-state index is 0.134. The van der Waals surface area contributed by atoms with Crippen LogP contribution in [0.1, 0.15) is 21.5 Å². The second-order valence-corrected chi connectivity index (χ2v) is 6.73. The molecule has 8 heteroatoms. The molecule has 2 aromatic heterocycles. The summed E-state index contributed by atoms with van der Waals surface area (Å²) >= 11 is 11.9. The number of Topliss-reactive ketones (excluding diaryl/α,β-unsaturated/α-hetero) is 1. The molecule has 0 unspecified atom stereocenters. The van der Waals surface area contributed by atoms with Crippen LogP contribution >= 0.6 is 23.2 Å². The lowest BCUT2D eigenvalue weighted by atomic mass is 10.1. The molecule has 0 radical (unpaired) electrons. The smallest absolute Gasteiger partial charge is 0.296 e. The molecule has 3 aromatic rings. The number of aromatic nitrogens is 2. The first-order valence-electron chi connectivity index (χ1n) is 7.90. The van der Waals surface area contributed by atoms with Gasteiger partial charge in [-0.05, 0) is 30.2 Å². The fourth-order valence-corrected chi connectivity index (χ4v) is 3.04. The van der Waals surface area contributed by atoms with E-state index in [4.69, 9.17) is 23.2 Å². The fraction of sp³-hybridized carbons (Fsp3) is 0.105. The first-order chi connectivity index (χ1) is 12.8. The molecule has 0 fully saturated rings. The maximum Gasteiger partial charge on any atom is 0.296 e. The molecule has 0 saturated carbocycles. The molecular weight excluding hydrogens is 392 g/mol. The number of benzene rings is 1. The second-order valence-electron chi connectivity index (χ2n) is 5.92. The zero-order chi connectivity index (χ0) is 19.6. The minimum atomic E-state index is -0.854. The topological polar surface area (TPSA) is 64.0 Å². The van der Waals surface area contributed by atoms with Crippen LogP contribution in [0.15, 0.2) is 49.1 Å². The van der Waals surface area contributed by atoms with Crippen molar-refractivity contribution in [3.05, 3.63) is 81.6 Å². The van der Waals surface area contributed by atoms with E-state index in [2.05, 4.69) is 10.3 Å². The van der Waals surface area contributed by atoms with Crippen LogP contribution in [0.2, 0.25) is 10.0 Å². The Morgan fingerprint density at radius 2 is 1.74 bits per heavy atom. The van der Waals surface area contributed by atoms with Crippen molar-refractivity contribution in [1.82, 2.24) is 9.55 Å². The molecular formula is C19H14Cl2FN3O2. The lowest BCUT2D eigenvalue weighted by molar-refractivity contribution is -0.112. The average molecular weight is 406 g/mol. The number of rotatable bonds is 5. The summed E-state index contributed by atoms with van der Waals surface area (Å²) in [4.78, 5) is 28.6. The number of nitrogens with zero attached hydrogens (tertiary/aromatic N) is 2. The Kier molecular flexibility index (Phi) is 5.58. The van der Waals surface area contributed by atoms with E-state index >= 15 is 0 Å². The number of hydrogen-bond donors (Lipinski definition) is 1. The monoisotopic (exact) mass is 405 g/mol. The van der Waals surface area contributed by atoms with Crippen molar-refractivity contribution in [3.63, 3.8) is 0 Å². The highest BCUT2D eigenvalue weighted by Crippen LogP contribution is 2.28. The molecule has 0 aliphatic carbocycles.